The topological polar surface area (TPSA) is 131 Å². The van der Waals surface area contributed by atoms with Gasteiger partial charge in [0.1, 0.15) is 43.9 Å². The predicted octanol–water partition coefficient (Wildman–Crippen LogP) is 6.54. The molecule has 0 bridgehead atoms. The fourth-order valence-corrected chi connectivity index (χ4v) is 6.00. The van der Waals surface area contributed by atoms with Crippen LogP contribution in [-0.2, 0) is 64.4 Å². The molecule has 0 radical (unpaired) electrons. The van der Waals surface area contributed by atoms with Crippen molar-refractivity contribution in [3.63, 3.8) is 0 Å². The zero-order chi connectivity index (χ0) is 38.2. The lowest BCUT2D eigenvalue weighted by molar-refractivity contribution is -0.317. The van der Waals surface area contributed by atoms with Crippen LogP contribution in [0.15, 0.2) is 121 Å². The number of alkyl halides is 2. The Morgan fingerprint density at radius 1 is 0.704 bits per heavy atom. The molecule has 0 aliphatic carbocycles. The van der Waals surface area contributed by atoms with Gasteiger partial charge in [0.05, 0.1) is 26.4 Å². The molecule has 0 saturated carbocycles. The second-order valence-electron chi connectivity index (χ2n) is 12.7. The summed E-state index contributed by atoms with van der Waals surface area (Å²) >= 11 is 0. The van der Waals surface area contributed by atoms with Crippen LogP contribution in [0.25, 0.3) is 0 Å². The zero-order valence-electron chi connectivity index (χ0n) is 29.8. The molecule has 11 nitrogen and oxygen atoms in total. The number of amides is 1. The number of nitrogens with one attached hydrogen (secondary N) is 1. The van der Waals surface area contributed by atoms with Gasteiger partial charge >= 0.3 is 12.1 Å². The normalized spacial score (nSPS) is 20.5. The van der Waals surface area contributed by atoms with Gasteiger partial charge in [0.2, 0.25) is 0 Å². The van der Waals surface area contributed by atoms with Crippen LogP contribution in [0.5, 0.6) is 0 Å². The van der Waals surface area contributed by atoms with E-state index in [1.165, 1.54) is 7.11 Å². The summed E-state index contributed by atoms with van der Waals surface area (Å²) in [7, 11) is 1.34. The van der Waals surface area contributed by atoms with E-state index in [9.17, 15) is 14.7 Å². The van der Waals surface area contributed by atoms with Crippen molar-refractivity contribution in [1.82, 2.24) is 5.32 Å². The highest BCUT2D eigenvalue weighted by Gasteiger charge is 2.58. The first kappa shape index (κ1) is 40.4. The lowest BCUT2D eigenvalue weighted by atomic mass is 9.88. The molecule has 4 aromatic carbocycles. The fourth-order valence-electron chi connectivity index (χ4n) is 6.00. The van der Waals surface area contributed by atoms with Gasteiger partial charge in [-0.05, 0) is 22.3 Å². The van der Waals surface area contributed by atoms with Crippen LogP contribution in [-0.4, -0.2) is 80.2 Å². The van der Waals surface area contributed by atoms with Gasteiger partial charge in [-0.3, -0.25) is 0 Å². The summed E-state index contributed by atoms with van der Waals surface area (Å²) < 4.78 is 74.7. The van der Waals surface area contributed by atoms with E-state index in [1.807, 2.05) is 91.0 Å². The molecule has 1 aliphatic heterocycles. The Labute approximate surface area is 313 Å². The van der Waals surface area contributed by atoms with Crippen LogP contribution in [0.3, 0.4) is 0 Å². The lowest BCUT2D eigenvalue weighted by Gasteiger charge is -2.48. The fraction of sp³-hybridized carbons (Fsp3) is 0.366. The third-order valence-electron chi connectivity index (χ3n) is 8.67. The second-order valence-corrected chi connectivity index (χ2v) is 12.7. The monoisotopic (exact) mass is 749 g/mol. The molecule has 5 rings (SSSR count). The molecule has 54 heavy (non-hydrogen) atoms. The molecule has 0 aromatic heterocycles. The summed E-state index contributed by atoms with van der Waals surface area (Å²) in [4.78, 5) is 24.9. The van der Waals surface area contributed by atoms with Crippen LogP contribution >= 0.6 is 0 Å². The first-order valence-corrected chi connectivity index (χ1v) is 17.5. The van der Waals surface area contributed by atoms with Gasteiger partial charge in [0, 0.05) is 13.5 Å². The summed E-state index contributed by atoms with van der Waals surface area (Å²) in [5.74, 6) is -5.62. The van der Waals surface area contributed by atoms with E-state index in [-0.39, 0.29) is 33.0 Å². The van der Waals surface area contributed by atoms with Gasteiger partial charge in [-0.25, -0.2) is 18.4 Å². The molecule has 6 atom stereocenters. The van der Waals surface area contributed by atoms with Gasteiger partial charge in [-0.2, -0.15) is 0 Å². The first-order valence-electron chi connectivity index (χ1n) is 17.5. The minimum Gasteiger partial charge on any atom is -0.480 e. The maximum atomic E-state index is 16.7. The molecular formula is C41H45F2NO10. The van der Waals surface area contributed by atoms with E-state index in [1.54, 1.807) is 30.3 Å². The zero-order valence-corrected chi connectivity index (χ0v) is 29.8. The largest absolute Gasteiger partial charge is 0.480 e. The number of aliphatic carboxylic acids is 1. The van der Waals surface area contributed by atoms with Crippen LogP contribution in [0.2, 0.25) is 0 Å². The Bertz CT molecular complexity index is 1690. The average molecular weight is 750 g/mol. The highest BCUT2D eigenvalue weighted by Crippen LogP contribution is 2.39. The van der Waals surface area contributed by atoms with Gasteiger partial charge in [0.25, 0.3) is 5.92 Å². The van der Waals surface area contributed by atoms with Gasteiger partial charge in [0.15, 0.2) is 6.10 Å². The molecule has 288 valence electrons. The minimum absolute atomic E-state index is 0.00594. The Kier molecular flexibility index (Phi) is 15.4. The third kappa shape index (κ3) is 12.1. The van der Waals surface area contributed by atoms with E-state index in [0.29, 0.717) is 5.56 Å². The second kappa shape index (κ2) is 20.6. The quantitative estimate of drug-likeness (QED) is 0.0962. The predicted molar refractivity (Wildman–Crippen MR) is 192 cm³/mol. The molecule has 0 spiro atoms. The molecule has 2 N–H and O–H groups in total. The van der Waals surface area contributed by atoms with Crippen molar-refractivity contribution in [2.45, 2.75) is 75.3 Å². The number of carboxylic acids is 1. The Morgan fingerprint density at radius 3 is 1.69 bits per heavy atom. The van der Waals surface area contributed by atoms with Gasteiger partial charge in [-0.1, -0.05) is 121 Å². The summed E-state index contributed by atoms with van der Waals surface area (Å²) in [5.41, 5.74) is 3.06. The summed E-state index contributed by atoms with van der Waals surface area (Å²) in [6, 6.07) is 34.3. The number of carboxylic acid groups (broad SMARTS) is 1. The standard InChI is InChI=1S/C41H45F2NO10/c1-48-28-53-37-36(51-25-31-18-10-4-11-19-31)35(50-24-30-16-8-3-9-17-30)34(27-49-23-29-14-6-2-7-15-29)54-38(37)41(42,43)22-33(39(45)46)44-40(47)52-26-32-20-12-5-13-21-32/h2-21,33-38H,22-28H2,1H3,(H,44,47)(H,45,46)/t33?,34-,35+,36+,37-,38+/m1/s1. The van der Waals surface area contributed by atoms with Crippen molar-refractivity contribution in [2.75, 3.05) is 20.5 Å². The van der Waals surface area contributed by atoms with Crippen LogP contribution in [0.4, 0.5) is 13.6 Å². The van der Waals surface area contributed by atoms with Crippen molar-refractivity contribution in [2.24, 2.45) is 0 Å². The molecule has 1 amide bonds. The van der Waals surface area contributed by atoms with E-state index in [2.05, 4.69) is 5.32 Å². The summed E-state index contributed by atoms with van der Waals surface area (Å²) in [6.45, 7) is -0.546. The molecule has 1 fully saturated rings. The van der Waals surface area contributed by atoms with Gasteiger partial charge in [-0.15, -0.1) is 0 Å². The number of hydrogen-bond donors (Lipinski definition) is 2. The number of benzene rings is 4. The summed E-state index contributed by atoms with van der Waals surface area (Å²) in [6.07, 6.45) is -9.49. The number of alkyl carbamates (subject to hydrolysis) is 1. The molecule has 1 heterocycles. The van der Waals surface area contributed by atoms with Crippen LogP contribution < -0.4 is 5.32 Å². The minimum atomic E-state index is -3.93. The maximum Gasteiger partial charge on any atom is 0.408 e. The van der Waals surface area contributed by atoms with Crippen LogP contribution in [0.1, 0.15) is 28.7 Å². The number of hydrogen-bond acceptors (Lipinski definition) is 9. The number of halogens is 2. The number of ether oxygens (including phenoxy) is 7. The number of methoxy groups -OCH3 is 1. The highest BCUT2D eigenvalue weighted by atomic mass is 19.3. The van der Waals surface area contributed by atoms with E-state index in [0.717, 1.165) is 16.7 Å². The van der Waals surface area contributed by atoms with Crippen molar-refractivity contribution in [3.05, 3.63) is 144 Å². The molecule has 1 unspecified atom stereocenters. The lowest BCUT2D eigenvalue weighted by Crippen LogP contribution is -2.66. The number of carbonyl (C=O) groups is 2. The molecule has 1 saturated heterocycles. The number of carbonyl (C=O) groups excluding carboxylic acids is 1. The SMILES string of the molecule is COCO[C@@H]1[C@@H](OCc2ccccc2)[C@@H](OCc2ccccc2)[C@@H](COCc2ccccc2)O[C@@H]1C(F)(F)CC(NC(=O)OCc1ccccc1)C(=O)O. The van der Waals surface area contributed by atoms with Gasteiger partial charge < -0.3 is 43.6 Å². The molecular weight excluding hydrogens is 704 g/mol. The van der Waals surface area contributed by atoms with E-state index in [4.69, 9.17) is 33.2 Å². The Balaban J connectivity index is 1.43. The smallest absolute Gasteiger partial charge is 0.408 e. The van der Waals surface area contributed by atoms with E-state index >= 15 is 8.78 Å². The first-order chi connectivity index (χ1) is 26.2. The Morgan fingerprint density at radius 2 is 1.19 bits per heavy atom. The van der Waals surface area contributed by atoms with Crippen molar-refractivity contribution < 1.29 is 56.6 Å². The van der Waals surface area contributed by atoms with Crippen molar-refractivity contribution >= 4 is 12.1 Å². The number of rotatable bonds is 20. The summed E-state index contributed by atoms with van der Waals surface area (Å²) in [5, 5.41) is 12.0. The van der Waals surface area contributed by atoms with Crippen molar-refractivity contribution in [1.29, 1.82) is 0 Å². The molecule has 4 aromatic rings. The molecule has 13 heteroatoms. The highest BCUT2D eigenvalue weighted by molar-refractivity contribution is 5.80. The van der Waals surface area contributed by atoms with E-state index < -0.39 is 67.8 Å². The maximum absolute atomic E-state index is 16.7. The van der Waals surface area contributed by atoms with Crippen molar-refractivity contribution in [3.8, 4) is 0 Å². The Hall–Kier alpha value is -4.76. The molecule has 1 aliphatic rings. The average Bonchev–Trinajstić information content (AvgIpc) is 3.19. The van der Waals surface area contributed by atoms with Crippen LogP contribution in [0, 0.1) is 0 Å². The third-order valence-corrected chi connectivity index (χ3v) is 8.67.